The van der Waals surface area contributed by atoms with Crippen molar-refractivity contribution in [3.05, 3.63) is 47.2 Å². The number of hydrogen-bond acceptors (Lipinski definition) is 2. The average molecular weight is 248 g/mol. The first kappa shape index (κ1) is 10.8. The van der Waals surface area contributed by atoms with E-state index in [1.165, 1.54) is 0 Å². The fourth-order valence-corrected chi connectivity index (χ4v) is 2.19. The molecule has 0 unspecified atom stereocenters. The van der Waals surface area contributed by atoms with Gasteiger partial charge in [-0.2, -0.15) is 5.10 Å². The monoisotopic (exact) mass is 247 g/mol. The molecule has 3 rings (SSSR count). The molecule has 1 aliphatic carbocycles. The summed E-state index contributed by atoms with van der Waals surface area (Å²) in [5.41, 5.74) is 8.08. The molecule has 0 aliphatic heterocycles. The number of benzene rings is 1. The Balaban J connectivity index is 1.92. The lowest BCUT2D eigenvalue weighted by molar-refractivity contribution is 0.661. The van der Waals surface area contributed by atoms with Crippen LogP contribution in [0, 0.1) is 0 Å². The Morgan fingerprint density at radius 2 is 1.94 bits per heavy atom. The van der Waals surface area contributed by atoms with Crippen LogP contribution in [0.15, 0.2) is 36.5 Å². The van der Waals surface area contributed by atoms with Crippen molar-refractivity contribution in [1.29, 1.82) is 0 Å². The van der Waals surface area contributed by atoms with E-state index in [4.69, 9.17) is 17.3 Å². The maximum Gasteiger partial charge on any atom is 0.0703 e. The molecule has 1 heterocycles. The Kier molecular flexibility index (Phi) is 2.45. The minimum absolute atomic E-state index is 0.150. The number of rotatable bonds is 3. The summed E-state index contributed by atoms with van der Waals surface area (Å²) in [6.07, 6.45) is 4.29. The van der Waals surface area contributed by atoms with Crippen LogP contribution in [0.25, 0.3) is 5.69 Å². The highest BCUT2D eigenvalue weighted by Crippen LogP contribution is 2.46. The standard InChI is InChI=1S/C13H14ClN3/c14-10-1-3-11(4-2-10)17-8-5-12(16-17)13(9-15)6-7-13/h1-5,8H,6-7,9,15H2. The van der Waals surface area contributed by atoms with Gasteiger partial charge in [0.2, 0.25) is 0 Å². The van der Waals surface area contributed by atoms with Crippen LogP contribution in [0.3, 0.4) is 0 Å². The van der Waals surface area contributed by atoms with E-state index in [1.54, 1.807) is 0 Å². The smallest absolute Gasteiger partial charge is 0.0703 e. The van der Waals surface area contributed by atoms with Gasteiger partial charge in [0.1, 0.15) is 0 Å². The normalized spacial score (nSPS) is 17.1. The zero-order chi connectivity index (χ0) is 11.9. The molecule has 1 saturated carbocycles. The maximum absolute atomic E-state index is 5.86. The third-order valence-electron chi connectivity index (χ3n) is 3.47. The first-order valence-corrected chi connectivity index (χ1v) is 6.13. The topological polar surface area (TPSA) is 43.8 Å². The number of aromatic nitrogens is 2. The highest BCUT2D eigenvalue weighted by Gasteiger charge is 2.44. The Morgan fingerprint density at radius 3 is 2.53 bits per heavy atom. The van der Waals surface area contributed by atoms with E-state index in [0.29, 0.717) is 6.54 Å². The van der Waals surface area contributed by atoms with Gasteiger partial charge in [-0.25, -0.2) is 4.68 Å². The Morgan fingerprint density at radius 1 is 1.24 bits per heavy atom. The minimum atomic E-state index is 0.150. The predicted molar refractivity (Wildman–Crippen MR) is 68.5 cm³/mol. The Hall–Kier alpha value is -1.32. The van der Waals surface area contributed by atoms with Crippen LogP contribution in [-0.4, -0.2) is 16.3 Å². The lowest BCUT2D eigenvalue weighted by atomic mass is 10.0. The molecule has 0 amide bonds. The molecule has 4 heteroatoms. The van der Waals surface area contributed by atoms with Gasteiger partial charge in [-0.05, 0) is 43.2 Å². The van der Waals surface area contributed by atoms with Crippen molar-refractivity contribution in [1.82, 2.24) is 9.78 Å². The number of halogens is 1. The number of nitrogens with zero attached hydrogens (tertiary/aromatic N) is 2. The molecule has 0 atom stereocenters. The summed E-state index contributed by atoms with van der Waals surface area (Å²) >= 11 is 5.86. The third kappa shape index (κ3) is 1.85. The molecule has 0 radical (unpaired) electrons. The van der Waals surface area contributed by atoms with Gasteiger partial charge in [0.05, 0.1) is 11.4 Å². The van der Waals surface area contributed by atoms with Gasteiger partial charge in [-0.15, -0.1) is 0 Å². The van der Waals surface area contributed by atoms with Gasteiger partial charge in [-0.1, -0.05) is 11.6 Å². The lowest BCUT2D eigenvalue weighted by Crippen LogP contribution is -2.20. The van der Waals surface area contributed by atoms with Gasteiger partial charge in [0.25, 0.3) is 0 Å². The Bertz CT molecular complexity index is 526. The van der Waals surface area contributed by atoms with Crippen LogP contribution in [0.5, 0.6) is 0 Å². The van der Waals surface area contributed by atoms with Crippen LogP contribution < -0.4 is 5.73 Å². The zero-order valence-electron chi connectivity index (χ0n) is 9.44. The van der Waals surface area contributed by atoms with E-state index < -0.39 is 0 Å². The second-order valence-corrected chi connectivity index (χ2v) is 5.04. The second kappa shape index (κ2) is 3.86. The third-order valence-corrected chi connectivity index (χ3v) is 3.72. The highest BCUT2D eigenvalue weighted by molar-refractivity contribution is 6.30. The van der Waals surface area contributed by atoms with Crippen molar-refractivity contribution in [2.24, 2.45) is 5.73 Å². The highest BCUT2D eigenvalue weighted by atomic mass is 35.5. The van der Waals surface area contributed by atoms with Gasteiger partial charge in [-0.3, -0.25) is 0 Å². The maximum atomic E-state index is 5.86. The van der Waals surface area contributed by atoms with Crippen molar-refractivity contribution < 1.29 is 0 Å². The summed E-state index contributed by atoms with van der Waals surface area (Å²) in [6, 6.07) is 9.72. The fourth-order valence-electron chi connectivity index (χ4n) is 2.06. The van der Waals surface area contributed by atoms with Gasteiger partial charge in [0, 0.05) is 23.2 Å². The fraction of sp³-hybridized carbons (Fsp3) is 0.308. The molecule has 2 aromatic rings. The molecule has 2 N–H and O–H groups in total. The van der Waals surface area contributed by atoms with Gasteiger partial charge < -0.3 is 5.73 Å². The van der Waals surface area contributed by atoms with Crippen molar-refractivity contribution in [3.63, 3.8) is 0 Å². The van der Waals surface area contributed by atoms with E-state index in [1.807, 2.05) is 35.1 Å². The van der Waals surface area contributed by atoms with E-state index in [-0.39, 0.29) is 5.41 Å². The van der Waals surface area contributed by atoms with E-state index in [2.05, 4.69) is 11.2 Å². The van der Waals surface area contributed by atoms with Crippen LogP contribution in [0.4, 0.5) is 0 Å². The van der Waals surface area contributed by atoms with Crippen LogP contribution in [0.2, 0.25) is 5.02 Å². The van der Waals surface area contributed by atoms with Crippen LogP contribution >= 0.6 is 11.6 Å². The van der Waals surface area contributed by atoms with E-state index >= 15 is 0 Å². The van der Waals surface area contributed by atoms with Crippen molar-refractivity contribution in [2.75, 3.05) is 6.54 Å². The Labute approximate surface area is 105 Å². The van der Waals surface area contributed by atoms with E-state index in [0.717, 1.165) is 29.2 Å². The van der Waals surface area contributed by atoms with Crippen molar-refractivity contribution in [3.8, 4) is 5.69 Å². The summed E-state index contributed by atoms with van der Waals surface area (Å²) in [5, 5.41) is 5.35. The van der Waals surface area contributed by atoms with Gasteiger partial charge >= 0.3 is 0 Å². The zero-order valence-corrected chi connectivity index (χ0v) is 10.2. The molecule has 3 nitrogen and oxygen atoms in total. The van der Waals surface area contributed by atoms with Crippen molar-refractivity contribution >= 4 is 11.6 Å². The molecule has 1 aliphatic rings. The van der Waals surface area contributed by atoms with Gasteiger partial charge in [0.15, 0.2) is 0 Å². The quantitative estimate of drug-likeness (QED) is 0.906. The molecule has 1 aromatic heterocycles. The largest absolute Gasteiger partial charge is 0.330 e. The molecule has 1 aromatic carbocycles. The van der Waals surface area contributed by atoms with E-state index in [9.17, 15) is 0 Å². The molecule has 0 saturated heterocycles. The predicted octanol–water partition coefficient (Wildman–Crippen LogP) is 2.52. The minimum Gasteiger partial charge on any atom is -0.330 e. The molecule has 0 bridgehead atoms. The summed E-state index contributed by atoms with van der Waals surface area (Å²) in [5.74, 6) is 0. The SMILES string of the molecule is NCC1(c2ccn(-c3ccc(Cl)cc3)n2)CC1. The summed E-state index contributed by atoms with van der Waals surface area (Å²) in [7, 11) is 0. The average Bonchev–Trinajstić information content (AvgIpc) is 3.00. The first-order valence-electron chi connectivity index (χ1n) is 5.76. The summed E-state index contributed by atoms with van der Waals surface area (Å²) in [6.45, 7) is 0.685. The summed E-state index contributed by atoms with van der Waals surface area (Å²) < 4.78 is 1.88. The number of nitrogens with two attached hydrogens (primary N) is 1. The van der Waals surface area contributed by atoms with Crippen molar-refractivity contribution in [2.45, 2.75) is 18.3 Å². The molecule has 17 heavy (non-hydrogen) atoms. The van der Waals surface area contributed by atoms with Crippen LogP contribution in [-0.2, 0) is 5.41 Å². The molecular weight excluding hydrogens is 234 g/mol. The molecule has 0 spiro atoms. The van der Waals surface area contributed by atoms with Crippen LogP contribution in [0.1, 0.15) is 18.5 Å². The molecule has 88 valence electrons. The molecule has 1 fully saturated rings. The molecular formula is C13H14ClN3. The number of hydrogen-bond donors (Lipinski definition) is 1. The summed E-state index contributed by atoms with van der Waals surface area (Å²) in [4.78, 5) is 0. The second-order valence-electron chi connectivity index (χ2n) is 4.61. The first-order chi connectivity index (χ1) is 8.23. The lowest BCUT2D eigenvalue weighted by Gasteiger charge is -2.07.